The van der Waals surface area contributed by atoms with Gasteiger partial charge in [-0.2, -0.15) is 0 Å². The monoisotopic (exact) mass is 346 g/mol. The Bertz CT molecular complexity index is 828. The van der Waals surface area contributed by atoms with Gasteiger partial charge in [-0.05, 0) is 69.5 Å². The van der Waals surface area contributed by atoms with Crippen LogP contribution in [-0.4, -0.2) is 0 Å². The molecule has 0 amide bonds. The summed E-state index contributed by atoms with van der Waals surface area (Å²) in [7, 11) is 0. The van der Waals surface area contributed by atoms with E-state index in [1.54, 1.807) is 5.57 Å². The minimum atomic E-state index is 0.229. The fourth-order valence-electron chi connectivity index (χ4n) is 3.87. The molecule has 0 nitrogen and oxygen atoms in total. The summed E-state index contributed by atoms with van der Waals surface area (Å²) in [5.74, 6) is 1.09. The van der Waals surface area contributed by atoms with Crippen molar-refractivity contribution >= 4 is 6.08 Å². The van der Waals surface area contributed by atoms with Crippen molar-refractivity contribution in [3.05, 3.63) is 63.7 Å². The zero-order valence-corrected chi connectivity index (χ0v) is 17.8. The number of aryl methyl sites for hydroxylation is 1. The average Bonchev–Trinajstić information content (AvgIpc) is 2.98. The molecule has 0 spiro atoms. The van der Waals surface area contributed by atoms with Gasteiger partial charge in [0.1, 0.15) is 0 Å². The molecule has 26 heavy (non-hydrogen) atoms. The van der Waals surface area contributed by atoms with E-state index in [1.165, 1.54) is 38.9 Å². The van der Waals surface area contributed by atoms with Crippen LogP contribution in [0, 0.1) is 12.3 Å². The molecule has 0 saturated carbocycles. The van der Waals surface area contributed by atoms with Gasteiger partial charge < -0.3 is 0 Å². The first-order valence-corrected chi connectivity index (χ1v) is 10.1. The van der Waals surface area contributed by atoms with Crippen LogP contribution < -0.4 is 0 Å². The molecule has 0 saturated heterocycles. The van der Waals surface area contributed by atoms with Crippen LogP contribution >= 0.6 is 0 Å². The van der Waals surface area contributed by atoms with Crippen LogP contribution in [0.5, 0.6) is 0 Å². The molecule has 0 bridgehead atoms. The quantitative estimate of drug-likeness (QED) is 0.530. The Hall–Kier alpha value is -1.82. The minimum Gasteiger partial charge on any atom is -0.0598 e. The Morgan fingerprint density at radius 1 is 0.846 bits per heavy atom. The van der Waals surface area contributed by atoms with Gasteiger partial charge in [-0.3, -0.25) is 0 Å². The lowest BCUT2D eigenvalue weighted by Gasteiger charge is -2.19. The lowest BCUT2D eigenvalue weighted by Crippen LogP contribution is -2.08. The van der Waals surface area contributed by atoms with Crippen LogP contribution in [0.2, 0.25) is 0 Å². The topological polar surface area (TPSA) is 0 Å². The smallest absolute Gasteiger partial charge is 0.00523 e. The second kappa shape index (κ2) is 6.72. The SMILES string of the molecule is Cc1ccc2c(c1-c1cc(C(C)C)cc(C(C)C)c1)C=C(C(C)(C)C)C2. The third kappa shape index (κ3) is 3.52. The first-order chi connectivity index (χ1) is 12.1. The fraction of sp³-hybridized carbons (Fsp3) is 0.462. The van der Waals surface area contributed by atoms with Gasteiger partial charge in [0.25, 0.3) is 0 Å². The molecular formula is C26H34. The van der Waals surface area contributed by atoms with Crippen molar-refractivity contribution in [2.75, 3.05) is 0 Å². The molecule has 0 radical (unpaired) electrons. The normalized spacial score (nSPS) is 14.2. The summed E-state index contributed by atoms with van der Waals surface area (Å²) in [6.07, 6.45) is 3.56. The standard InChI is InChI=1S/C26H34/c1-16(2)20-11-21(17(3)4)13-22(12-20)25-18(5)9-10-19-14-23(15-24(19)25)26(6,7)8/h9-13,15-17H,14H2,1-8H3. The van der Waals surface area contributed by atoms with E-state index in [9.17, 15) is 0 Å². The average molecular weight is 347 g/mol. The highest BCUT2D eigenvalue weighted by atomic mass is 14.3. The molecule has 1 aliphatic rings. The van der Waals surface area contributed by atoms with Gasteiger partial charge in [0.15, 0.2) is 0 Å². The summed E-state index contributed by atoms with van der Waals surface area (Å²) in [5, 5.41) is 0. The van der Waals surface area contributed by atoms with E-state index in [0.717, 1.165) is 6.42 Å². The summed E-state index contributed by atoms with van der Waals surface area (Å²) in [5.41, 5.74) is 11.8. The van der Waals surface area contributed by atoms with Crippen LogP contribution in [0.3, 0.4) is 0 Å². The summed E-state index contributed by atoms with van der Waals surface area (Å²) in [4.78, 5) is 0. The number of benzene rings is 2. The van der Waals surface area contributed by atoms with E-state index < -0.39 is 0 Å². The second-order valence-corrected chi connectivity index (χ2v) is 9.62. The number of rotatable bonds is 3. The molecule has 0 aromatic heterocycles. The van der Waals surface area contributed by atoms with Crippen molar-refractivity contribution in [2.45, 2.75) is 73.6 Å². The molecule has 0 atom stereocenters. The zero-order chi connectivity index (χ0) is 19.2. The van der Waals surface area contributed by atoms with Crippen LogP contribution in [0.1, 0.15) is 88.1 Å². The molecule has 1 aliphatic carbocycles. The van der Waals surface area contributed by atoms with Crippen LogP contribution in [-0.2, 0) is 6.42 Å². The number of hydrogen-bond acceptors (Lipinski definition) is 0. The molecule has 0 fully saturated rings. The Kier molecular flexibility index (Phi) is 4.90. The Balaban J connectivity index is 2.24. The van der Waals surface area contributed by atoms with Crippen LogP contribution in [0.4, 0.5) is 0 Å². The molecule has 2 aromatic carbocycles. The predicted molar refractivity (Wildman–Crippen MR) is 116 cm³/mol. The van der Waals surface area contributed by atoms with Gasteiger partial charge in [0, 0.05) is 0 Å². The van der Waals surface area contributed by atoms with Crippen molar-refractivity contribution in [3.63, 3.8) is 0 Å². The van der Waals surface area contributed by atoms with E-state index in [1.807, 2.05) is 0 Å². The Labute approximate surface area is 160 Å². The zero-order valence-electron chi connectivity index (χ0n) is 17.8. The maximum atomic E-state index is 2.47. The van der Waals surface area contributed by atoms with Gasteiger partial charge >= 0.3 is 0 Å². The van der Waals surface area contributed by atoms with Crippen molar-refractivity contribution in [3.8, 4) is 11.1 Å². The first kappa shape index (κ1) is 19.0. The molecule has 0 heterocycles. The molecular weight excluding hydrogens is 312 g/mol. The first-order valence-electron chi connectivity index (χ1n) is 10.1. The predicted octanol–water partition coefficient (Wildman–Crippen LogP) is 7.89. The minimum absolute atomic E-state index is 0.229. The lowest BCUT2D eigenvalue weighted by molar-refractivity contribution is 0.498. The maximum Gasteiger partial charge on any atom is -0.00523 e. The van der Waals surface area contributed by atoms with Gasteiger partial charge in [0.2, 0.25) is 0 Å². The molecule has 0 N–H and O–H groups in total. The molecule has 138 valence electrons. The van der Waals surface area contributed by atoms with E-state index in [-0.39, 0.29) is 5.41 Å². The van der Waals surface area contributed by atoms with Crippen LogP contribution in [0.15, 0.2) is 35.9 Å². The lowest BCUT2D eigenvalue weighted by atomic mass is 9.85. The Morgan fingerprint density at radius 2 is 1.42 bits per heavy atom. The van der Waals surface area contributed by atoms with Gasteiger partial charge in [-0.25, -0.2) is 0 Å². The maximum absolute atomic E-state index is 2.47. The van der Waals surface area contributed by atoms with E-state index >= 15 is 0 Å². The number of hydrogen-bond donors (Lipinski definition) is 0. The van der Waals surface area contributed by atoms with E-state index in [4.69, 9.17) is 0 Å². The third-order valence-corrected chi connectivity index (χ3v) is 5.81. The molecule has 0 unspecified atom stereocenters. The summed E-state index contributed by atoms with van der Waals surface area (Å²) in [6, 6.07) is 11.9. The van der Waals surface area contributed by atoms with E-state index in [2.05, 4.69) is 91.8 Å². The van der Waals surface area contributed by atoms with Gasteiger partial charge in [-0.15, -0.1) is 0 Å². The summed E-state index contributed by atoms with van der Waals surface area (Å²) in [6.45, 7) is 18.4. The van der Waals surface area contributed by atoms with Crippen molar-refractivity contribution < 1.29 is 0 Å². The summed E-state index contributed by atoms with van der Waals surface area (Å²) < 4.78 is 0. The number of fused-ring (bicyclic) bond motifs is 1. The van der Waals surface area contributed by atoms with Crippen molar-refractivity contribution in [1.82, 2.24) is 0 Å². The van der Waals surface area contributed by atoms with Crippen molar-refractivity contribution in [2.24, 2.45) is 5.41 Å². The Morgan fingerprint density at radius 3 is 1.92 bits per heavy atom. The van der Waals surface area contributed by atoms with Gasteiger partial charge in [-0.1, -0.05) is 90.4 Å². The highest BCUT2D eigenvalue weighted by molar-refractivity contribution is 5.84. The fourth-order valence-corrected chi connectivity index (χ4v) is 3.87. The van der Waals surface area contributed by atoms with Gasteiger partial charge in [0.05, 0.1) is 0 Å². The number of allylic oxidation sites excluding steroid dienone is 1. The van der Waals surface area contributed by atoms with Crippen LogP contribution in [0.25, 0.3) is 17.2 Å². The van der Waals surface area contributed by atoms with E-state index in [0.29, 0.717) is 11.8 Å². The third-order valence-electron chi connectivity index (χ3n) is 5.81. The highest BCUT2D eigenvalue weighted by Crippen LogP contribution is 2.42. The molecule has 2 aromatic rings. The van der Waals surface area contributed by atoms with Crippen molar-refractivity contribution in [1.29, 1.82) is 0 Å². The molecule has 3 rings (SSSR count). The second-order valence-electron chi connectivity index (χ2n) is 9.62. The molecule has 0 heteroatoms. The highest BCUT2D eigenvalue weighted by Gasteiger charge is 2.25. The molecule has 0 aliphatic heterocycles. The summed E-state index contributed by atoms with van der Waals surface area (Å²) >= 11 is 0. The largest absolute Gasteiger partial charge is 0.0598 e.